The molecule has 0 bridgehead atoms. The van der Waals surface area contributed by atoms with E-state index in [4.69, 9.17) is 0 Å². The molecule has 0 spiro atoms. The third kappa shape index (κ3) is 3.27. The Hall–Kier alpha value is -1.00. The van der Waals surface area contributed by atoms with Crippen molar-refractivity contribution in [2.75, 3.05) is 13.1 Å². The predicted octanol–water partition coefficient (Wildman–Crippen LogP) is 2.56. The highest BCUT2D eigenvalue weighted by molar-refractivity contribution is 5.18. The minimum Gasteiger partial charge on any atom is -0.393 e. The van der Waals surface area contributed by atoms with E-state index < -0.39 is 11.6 Å². The largest absolute Gasteiger partial charge is 0.393 e. The van der Waals surface area contributed by atoms with E-state index in [9.17, 15) is 13.9 Å². The average molecular weight is 255 g/mol. The van der Waals surface area contributed by atoms with Crippen molar-refractivity contribution in [3.63, 3.8) is 0 Å². The number of benzene rings is 1. The maximum Gasteiger partial charge on any atom is 0.130 e. The van der Waals surface area contributed by atoms with E-state index in [-0.39, 0.29) is 12.0 Å². The molecule has 100 valence electrons. The summed E-state index contributed by atoms with van der Waals surface area (Å²) in [5, 5.41) is 9.60. The molecule has 2 atom stereocenters. The number of likely N-dealkylation sites (tertiary alicyclic amines) is 1. The quantitative estimate of drug-likeness (QED) is 0.897. The number of rotatable bonds is 3. The van der Waals surface area contributed by atoms with Crippen molar-refractivity contribution in [2.24, 2.45) is 5.92 Å². The van der Waals surface area contributed by atoms with Crippen molar-refractivity contribution in [3.05, 3.63) is 35.4 Å². The summed E-state index contributed by atoms with van der Waals surface area (Å²) in [4.78, 5) is 2.12. The van der Waals surface area contributed by atoms with Gasteiger partial charge < -0.3 is 5.11 Å². The zero-order valence-corrected chi connectivity index (χ0v) is 10.6. The van der Waals surface area contributed by atoms with Crippen molar-refractivity contribution in [1.29, 1.82) is 0 Å². The molecular weight excluding hydrogens is 236 g/mol. The van der Waals surface area contributed by atoms with Crippen LogP contribution < -0.4 is 0 Å². The van der Waals surface area contributed by atoms with E-state index in [0.29, 0.717) is 12.1 Å². The first kappa shape index (κ1) is 13.4. The van der Waals surface area contributed by atoms with Crippen LogP contribution in [0.3, 0.4) is 0 Å². The molecule has 4 heteroatoms. The third-order valence-corrected chi connectivity index (χ3v) is 3.63. The topological polar surface area (TPSA) is 23.5 Å². The fourth-order valence-corrected chi connectivity index (χ4v) is 2.52. The van der Waals surface area contributed by atoms with Crippen molar-refractivity contribution in [1.82, 2.24) is 4.90 Å². The predicted molar refractivity (Wildman–Crippen MR) is 66.0 cm³/mol. The maximum atomic E-state index is 13.5. The number of hydrogen-bond donors (Lipinski definition) is 1. The van der Waals surface area contributed by atoms with Gasteiger partial charge in [0, 0.05) is 24.7 Å². The molecule has 0 amide bonds. The molecule has 1 aromatic rings. The van der Waals surface area contributed by atoms with Gasteiger partial charge in [0.05, 0.1) is 6.10 Å². The monoisotopic (exact) mass is 255 g/mol. The number of aliphatic hydroxyl groups excluding tert-OH is 1. The average Bonchev–Trinajstić information content (AvgIpc) is 2.33. The molecule has 0 saturated carbocycles. The van der Waals surface area contributed by atoms with Gasteiger partial charge in [0.25, 0.3) is 0 Å². The lowest BCUT2D eigenvalue weighted by Gasteiger charge is -2.34. The molecule has 1 N–H and O–H groups in total. The molecule has 1 heterocycles. The lowest BCUT2D eigenvalue weighted by molar-refractivity contribution is 0.0595. The Labute approximate surface area is 106 Å². The van der Waals surface area contributed by atoms with Gasteiger partial charge in [-0.1, -0.05) is 6.07 Å². The van der Waals surface area contributed by atoms with Crippen LogP contribution in [0.5, 0.6) is 0 Å². The summed E-state index contributed by atoms with van der Waals surface area (Å²) in [6.07, 6.45) is 1.70. The van der Waals surface area contributed by atoms with Gasteiger partial charge in [-0.2, -0.15) is 0 Å². The summed E-state index contributed by atoms with van der Waals surface area (Å²) in [6.45, 7) is 3.95. The first-order valence-corrected chi connectivity index (χ1v) is 6.40. The number of nitrogens with zero attached hydrogens (tertiary/aromatic N) is 1. The summed E-state index contributed by atoms with van der Waals surface area (Å²) in [6, 6.07) is 3.70. The van der Waals surface area contributed by atoms with Crippen LogP contribution in [0.25, 0.3) is 0 Å². The number of aliphatic hydroxyl groups is 1. The Morgan fingerprint density at radius 1 is 1.44 bits per heavy atom. The highest BCUT2D eigenvalue weighted by Crippen LogP contribution is 2.22. The second-order valence-electron chi connectivity index (χ2n) is 5.11. The zero-order chi connectivity index (χ0) is 13.1. The molecule has 1 aromatic carbocycles. The van der Waals surface area contributed by atoms with E-state index >= 15 is 0 Å². The van der Waals surface area contributed by atoms with Crippen LogP contribution >= 0.6 is 0 Å². The van der Waals surface area contributed by atoms with Crippen LogP contribution in [0.4, 0.5) is 8.78 Å². The molecule has 0 aromatic heterocycles. The Balaban J connectivity index is 2.00. The summed E-state index contributed by atoms with van der Waals surface area (Å²) >= 11 is 0. The standard InChI is InChI=1S/C14H19F2NO/c1-10(18)11-3-2-6-17(8-11)9-12-4-5-13(15)7-14(12)16/h4-5,7,10-11,18H,2-3,6,8-9H2,1H3. The van der Waals surface area contributed by atoms with Crippen molar-refractivity contribution in [2.45, 2.75) is 32.4 Å². The molecule has 1 aliphatic heterocycles. The van der Waals surface area contributed by atoms with E-state index in [0.717, 1.165) is 32.0 Å². The second-order valence-corrected chi connectivity index (χ2v) is 5.11. The number of piperidine rings is 1. The van der Waals surface area contributed by atoms with E-state index in [1.165, 1.54) is 12.1 Å². The van der Waals surface area contributed by atoms with Gasteiger partial charge in [-0.3, -0.25) is 4.90 Å². The van der Waals surface area contributed by atoms with Crippen LogP contribution in [0, 0.1) is 17.6 Å². The van der Waals surface area contributed by atoms with Crippen LogP contribution in [0.2, 0.25) is 0 Å². The minimum absolute atomic E-state index is 0.252. The van der Waals surface area contributed by atoms with Gasteiger partial charge in [0.2, 0.25) is 0 Å². The Morgan fingerprint density at radius 3 is 2.89 bits per heavy atom. The Morgan fingerprint density at radius 2 is 2.22 bits per heavy atom. The van der Waals surface area contributed by atoms with Crippen LogP contribution in [0.15, 0.2) is 18.2 Å². The van der Waals surface area contributed by atoms with E-state index in [1.54, 1.807) is 6.92 Å². The Bertz CT molecular complexity index is 409. The fourth-order valence-electron chi connectivity index (χ4n) is 2.52. The molecule has 2 unspecified atom stereocenters. The highest BCUT2D eigenvalue weighted by atomic mass is 19.1. The lowest BCUT2D eigenvalue weighted by atomic mass is 9.93. The van der Waals surface area contributed by atoms with Gasteiger partial charge in [-0.25, -0.2) is 8.78 Å². The van der Waals surface area contributed by atoms with Crippen molar-refractivity contribution in [3.8, 4) is 0 Å². The second kappa shape index (κ2) is 5.76. The van der Waals surface area contributed by atoms with Crippen molar-refractivity contribution >= 4 is 0 Å². The van der Waals surface area contributed by atoms with Crippen LogP contribution in [-0.2, 0) is 6.54 Å². The minimum atomic E-state index is -0.545. The normalized spacial score (nSPS) is 23.0. The van der Waals surface area contributed by atoms with Crippen LogP contribution in [-0.4, -0.2) is 29.2 Å². The van der Waals surface area contributed by atoms with Gasteiger partial charge in [0.15, 0.2) is 0 Å². The molecule has 2 rings (SSSR count). The van der Waals surface area contributed by atoms with E-state index in [2.05, 4.69) is 4.90 Å². The van der Waals surface area contributed by atoms with Gasteiger partial charge >= 0.3 is 0 Å². The molecule has 18 heavy (non-hydrogen) atoms. The zero-order valence-electron chi connectivity index (χ0n) is 10.6. The molecular formula is C14H19F2NO. The first-order chi connectivity index (χ1) is 8.56. The number of halogens is 2. The fraction of sp³-hybridized carbons (Fsp3) is 0.571. The van der Waals surface area contributed by atoms with Gasteiger partial charge in [-0.05, 0) is 38.3 Å². The van der Waals surface area contributed by atoms with E-state index in [1.807, 2.05) is 0 Å². The highest BCUT2D eigenvalue weighted by Gasteiger charge is 2.23. The molecule has 1 aliphatic rings. The summed E-state index contributed by atoms with van der Waals surface area (Å²) in [5.41, 5.74) is 0.516. The van der Waals surface area contributed by atoms with Gasteiger partial charge in [-0.15, -0.1) is 0 Å². The number of hydrogen-bond acceptors (Lipinski definition) is 2. The third-order valence-electron chi connectivity index (χ3n) is 3.63. The SMILES string of the molecule is CC(O)C1CCCN(Cc2ccc(F)cc2F)C1. The summed E-state index contributed by atoms with van der Waals surface area (Å²) < 4.78 is 26.4. The first-order valence-electron chi connectivity index (χ1n) is 6.40. The van der Waals surface area contributed by atoms with Gasteiger partial charge in [0.1, 0.15) is 11.6 Å². The summed E-state index contributed by atoms with van der Waals surface area (Å²) in [7, 11) is 0. The lowest BCUT2D eigenvalue weighted by Crippen LogP contribution is -2.39. The molecule has 1 fully saturated rings. The van der Waals surface area contributed by atoms with Crippen molar-refractivity contribution < 1.29 is 13.9 Å². The molecule has 0 radical (unpaired) electrons. The molecule has 2 nitrogen and oxygen atoms in total. The summed E-state index contributed by atoms with van der Waals surface area (Å²) in [5.74, 6) is -0.784. The Kier molecular flexibility index (Phi) is 4.30. The molecule has 1 saturated heterocycles. The smallest absolute Gasteiger partial charge is 0.130 e. The maximum absolute atomic E-state index is 13.5. The van der Waals surface area contributed by atoms with Crippen LogP contribution in [0.1, 0.15) is 25.3 Å². The molecule has 0 aliphatic carbocycles.